The van der Waals surface area contributed by atoms with Crippen LogP contribution in [0.2, 0.25) is 0 Å². The van der Waals surface area contributed by atoms with Crippen molar-refractivity contribution in [2.24, 2.45) is 7.05 Å². The first kappa shape index (κ1) is 14.5. The Morgan fingerprint density at radius 3 is 2.74 bits per heavy atom. The van der Waals surface area contributed by atoms with Crippen molar-refractivity contribution < 1.29 is 14.8 Å². The number of aromatic nitrogens is 2. The summed E-state index contributed by atoms with van der Waals surface area (Å²) < 4.78 is 1.62. The first-order chi connectivity index (χ1) is 11.0. The van der Waals surface area contributed by atoms with Crippen LogP contribution in [-0.4, -0.2) is 25.8 Å². The van der Waals surface area contributed by atoms with E-state index in [0.29, 0.717) is 5.69 Å². The lowest BCUT2D eigenvalue weighted by Crippen LogP contribution is -2.06. The van der Waals surface area contributed by atoms with Gasteiger partial charge in [-0.25, -0.2) is 4.79 Å². The van der Waals surface area contributed by atoms with Gasteiger partial charge in [0.15, 0.2) is 0 Å². The highest BCUT2D eigenvalue weighted by atomic mass is 16.6. The summed E-state index contributed by atoms with van der Waals surface area (Å²) in [5.74, 6) is -1.24. The van der Waals surface area contributed by atoms with Crippen LogP contribution < -0.4 is 5.32 Å². The van der Waals surface area contributed by atoms with Gasteiger partial charge in [-0.3, -0.25) is 14.8 Å². The van der Waals surface area contributed by atoms with Gasteiger partial charge in [0.1, 0.15) is 5.69 Å². The maximum atomic E-state index is 11.4. The number of nitro groups is 1. The number of benzene rings is 2. The molecule has 0 saturated carbocycles. The van der Waals surface area contributed by atoms with E-state index in [-0.39, 0.29) is 16.9 Å². The maximum Gasteiger partial charge on any atom is 0.338 e. The number of nitrogens with zero attached hydrogens (tertiary/aromatic N) is 3. The number of aryl methyl sites for hydroxylation is 1. The number of aromatic carboxylic acids is 1. The van der Waals surface area contributed by atoms with Crippen LogP contribution in [0.15, 0.2) is 42.6 Å². The number of fused-ring (bicyclic) bond motifs is 1. The second-order valence-corrected chi connectivity index (χ2v) is 4.90. The molecule has 2 N–H and O–H groups in total. The summed E-state index contributed by atoms with van der Waals surface area (Å²) in [5.41, 5.74) is 0.738. The molecular formula is C15H12N4O4. The van der Waals surface area contributed by atoms with Gasteiger partial charge in [-0.2, -0.15) is 5.10 Å². The molecule has 0 atom stereocenters. The number of rotatable bonds is 4. The van der Waals surface area contributed by atoms with Crippen LogP contribution >= 0.6 is 0 Å². The lowest BCUT2D eigenvalue weighted by molar-refractivity contribution is -0.383. The Hall–Kier alpha value is -3.42. The van der Waals surface area contributed by atoms with Crippen LogP contribution in [0.25, 0.3) is 10.9 Å². The lowest BCUT2D eigenvalue weighted by Gasteiger charge is -2.11. The van der Waals surface area contributed by atoms with E-state index in [0.717, 1.165) is 10.9 Å². The molecule has 2 aromatic carbocycles. The molecule has 1 aromatic heterocycles. The molecule has 3 aromatic rings. The molecule has 1 heterocycles. The summed E-state index contributed by atoms with van der Waals surface area (Å²) in [5, 5.41) is 28.4. The highest BCUT2D eigenvalue weighted by molar-refractivity contribution is 6.00. The SMILES string of the molecule is Cn1ncc2cccc(Nc3c(C(=O)O)cccc3[N+](=O)[O-])c21. The van der Waals surface area contributed by atoms with Gasteiger partial charge in [-0.05, 0) is 12.1 Å². The van der Waals surface area contributed by atoms with Crippen molar-refractivity contribution in [1.82, 2.24) is 9.78 Å². The van der Waals surface area contributed by atoms with Crippen molar-refractivity contribution >= 4 is 33.9 Å². The summed E-state index contributed by atoms with van der Waals surface area (Å²) in [6, 6.07) is 9.26. The second-order valence-electron chi connectivity index (χ2n) is 4.90. The van der Waals surface area contributed by atoms with Crippen molar-refractivity contribution in [3.63, 3.8) is 0 Å². The molecule has 0 bridgehead atoms. The van der Waals surface area contributed by atoms with Gasteiger partial charge < -0.3 is 10.4 Å². The van der Waals surface area contributed by atoms with Gasteiger partial charge in [-0.15, -0.1) is 0 Å². The fourth-order valence-corrected chi connectivity index (χ4v) is 2.47. The third-order valence-electron chi connectivity index (χ3n) is 3.49. The summed E-state index contributed by atoms with van der Waals surface area (Å²) in [6.45, 7) is 0. The van der Waals surface area contributed by atoms with Crippen LogP contribution in [0, 0.1) is 10.1 Å². The van der Waals surface area contributed by atoms with E-state index in [9.17, 15) is 20.0 Å². The maximum absolute atomic E-state index is 11.4. The van der Waals surface area contributed by atoms with E-state index in [2.05, 4.69) is 10.4 Å². The Morgan fingerprint density at radius 2 is 2.04 bits per heavy atom. The molecule has 0 aliphatic carbocycles. The second kappa shape index (κ2) is 5.41. The third kappa shape index (κ3) is 2.46. The largest absolute Gasteiger partial charge is 0.478 e. The van der Waals surface area contributed by atoms with Gasteiger partial charge in [0.25, 0.3) is 5.69 Å². The number of nitro benzene ring substituents is 1. The normalized spacial score (nSPS) is 10.7. The molecule has 0 aliphatic heterocycles. The molecule has 8 nitrogen and oxygen atoms in total. The van der Waals surface area contributed by atoms with E-state index in [1.165, 1.54) is 18.2 Å². The molecule has 8 heteroatoms. The van der Waals surface area contributed by atoms with Crippen LogP contribution in [0.5, 0.6) is 0 Å². The summed E-state index contributed by atoms with van der Waals surface area (Å²) in [6.07, 6.45) is 1.66. The number of anilines is 2. The van der Waals surface area contributed by atoms with Crippen molar-refractivity contribution in [3.8, 4) is 0 Å². The van der Waals surface area contributed by atoms with Crippen molar-refractivity contribution in [1.29, 1.82) is 0 Å². The molecule has 116 valence electrons. The Balaban J connectivity index is 2.20. The van der Waals surface area contributed by atoms with Crippen LogP contribution in [0.1, 0.15) is 10.4 Å². The van der Waals surface area contributed by atoms with Gasteiger partial charge in [-0.1, -0.05) is 18.2 Å². The quantitative estimate of drug-likeness (QED) is 0.566. The summed E-state index contributed by atoms with van der Waals surface area (Å²) in [4.78, 5) is 22.0. The molecule has 0 fully saturated rings. The predicted octanol–water partition coefficient (Wildman–Crippen LogP) is 2.92. The molecule has 3 rings (SSSR count). The molecular weight excluding hydrogens is 300 g/mol. The van der Waals surface area contributed by atoms with Gasteiger partial charge in [0.2, 0.25) is 0 Å². The monoisotopic (exact) mass is 312 g/mol. The number of hydrogen-bond acceptors (Lipinski definition) is 5. The molecule has 0 spiro atoms. The standard InChI is InChI=1S/C15H12N4O4/c1-18-14-9(8-16-18)4-2-6-11(14)17-13-10(15(20)21)5-3-7-12(13)19(22)23/h2-8,17H,1H3,(H,20,21). The Bertz CT molecular complexity index is 900. The first-order valence-electron chi connectivity index (χ1n) is 6.67. The molecule has 0 aliphatic rings. The number of hydrogen-bond donors (Lipinski definition) is 2. The zero-order chi connectivity index (χ0) is 16.6. The first-order valence-corrected chi connectivity index (χ1v) is 6.67. The molecule has 0 amide bonds. The minimum absolute atomic E-state index is 0.0568. The predicted molar refractivity (Wildman–Crippen MR) is 84.1 cm³/mol. The Morgan fingerprint density at radius 1 is 1.30 bits per heavy atom. The average Bonchev–Trinajstić information content (AvgIpc) is 2.89. The number of carbonyl (C=O) groups is 1. The highest BCUT2D eigenvalue weighted by Crippen LogP contribution is 2.33. The third-order valence-corrected chi connectivity index (χ3v) is 3.49. The van der Waals surface area contributed by atoms with E-state index in [1.54, 1.807) is 30.1 Å². The van der Waals surface area contributed by atoms with Crippen molar-refractivity contribution in [2.75, 3.05) is 5.32 Å². The topological polar surface area (TPSA) is 110 Å². The molecule has 0 saturated heterocycles. The van der Waals surface area contributed by atoms with Crippen molar-refractivity contribution in [3.05, 3.63) is 58.3 Å². The number of para-hydroxylation sites is 2. The Labute approximate surface area is 130 Å². The fourth-order valence-electron chi connectivity index (χ4n) is 2.47. The van der Waals surface area contributed by atoms with Gasteiger partial charge in [0, 0.05) is 18.5 Å². The number of carboxylic acids is 1. The average molecular weight is 312 g/mol. The number of nitrogens with one attached hydrogen (secondary N) is 1. The summed E-state index contributed by atoms with van der Waals surface area (Å²) in [7, 11) is 1.74. The minimum Gasteiger partial charge on any atom is -0.478 e. The van der Waals surface area contributed by atoms with Crippen molar-refractivity contribution in [2.45, 2.75) is 0 Å². The fraction of sp³-hybridized carbons (Fsp3) is 0.0667. The van der Waals surface area contributed by atoms with Crippen LogP contribution in [-0.2, 0) is 7.05 Å². The lowest BCUT2D eigenvalue weighted by atomic mass is 10.1. The van der Waals surface area contributed by atoms with E-state index in [4.69, 9.17) is 0 Å². The van der Waals surface area contributed by atoms with E-state index >= 15 is 0 Å². The van der Waals surface area contributed by atoms with E-state index in [1.807, 2.05) is 6.07 Å². The Kier molecular flexibility index (Phi) is 3.41. The molecule has 0 unspecified atom stereocenters. The molecule has 0 radical (unpaired) electrons. The van der Waals surface area contributed by atoms with Crippen LogP contribution in [0.3, 0.4) is 0 Å². The van der Waals surface area contributed by atoms with E-state index < -0.39 is 10.9 Å². The van der Waals surface area contributed by atoms with Gasteiger partial charge >= 0.3 is 5.97 Å². The highest BCUT2D eigenvalue weighted by Gasteiger charge is 2.22. The zero-order valence-corrected chi connectivity index (χ0v) is 12.1. The van der Waals surface area contributed by atoms with Gasteiger partial charge in [0.05, 0.1) is 27.9 Å². The zero-order valence-electron chi connectivity index (χ0n) is 12.1. The van der Waals surface area contributed by atoms with Crippen LogP contribution in [0.4, 0.5) is 17.1 Å². The minimum atomic E-state index is -1.24. The summed E-state index contributed by atoms with van der Waals surface area (Å²) >= 11 is 0. The number of carboxylic acid groups (broad SMARTS) is 1. The smallest absolute Gasteiger partial charge is 0.338 e. The molecule has 23 heavy (non-hydrogen) atoms.